The second-order valence-corrected chi connectivity index (χ2v) is 7.19. The lowest BCUT2D eigenvalue weighted by Gasteiger charge is -2.17. The third-order valence-electron chi connectivity index (χ3n) is 4.08. The van der Waals surface area contributed by atoms with E-state index in [4.69, 9.17) is 4.74 Å². The number of thioether (sulfide) groups is 1. The van der Waals surface area contributed by atoms with Crippen LogP contribution in [0, 0.1) is 6.92 Å². The monoisotopic (exact) mass is 353 g/mol. The molecule has 0 aliphatic carbocycles. The molecule has 0 radical (unpaired) electrons. The first-order chi connectivity index (χ1) is 12.2. The Kier molecular flexibility index (Phi) is 5.89. The van der Waals surface area contributed by atoms with Gasteiger partial charge in [-0.3, -0.25) is 0 Å². The van der Waals surface area contributed by atoms with E-state index in [1.54, 1.807) is 25.2 Å². The first kappa shape index (κ1) is 17.7. The summed E-state index contributed by atoms with van der Waals surface area (Å²) in [5.74, 6) is 1.84. The highest BCUT2D eigenvalue weighted by molar-refractivity contribution is 7.99. The molecule has 1 atom stereocenters. The summed E-state index contributed by atoms with van der Waals surface area (Å²) in [6.45, 7) is 5.00. The predicted octanol–water partition coefficient (Wildman–Crippen LogP) is 4.85. The Bertz CT molecular complexity index is 836. The van der Waals surface area contributed by atoms with Gasteiger partial charge in [-0.05, 0) is 43.7 Å². The van der Waals surface area contributed by atoms with Crippen molar-refractivity contribution >= 4 is 28.5 Å². The molecular weight excluding hydrogens is 330 g/mol. The van der Waals surface area contributed by atoms with E-state index in [1.165, 1.54) is 16.0 Å². The van der Waals surface area contributed by atoms with E-state index in [2.05, 4.69) is 65.5 Å². The average molecular weight is 353 g/mol. The van der Waals surface area contributed by atoms with Gasteiger partial charge in [-0.1, -0.05) is 23.8 Å². The van der Waals surface area contributed by atoms with Crippen LogP contribution in [0.2, 0.25) is 0 Å². The zero-order valence-corrected chi connectivity index (χ0v) is 15.6. The van der Waals surface area contributed by atoms with Crippen LogP contribution < -0.4 is 5.32 Å². The van der Waals surface area contributed by atoms with Gasteiger partial charge in [0.15, 0.2) is 0 Å². The summed E-state index contributed by atoms with van der Waals surface area (Å²) in [5.41, 5.74) is 3.39. The maximum absolute atomic E-state index is 5.09. The average Bonchev–Trinajstić information content (AvgIpc) is 2.63. The van der Waals surface area contributed by atoms with Crippen molar-refractivity contribution in [3.63, 3.8) is 0 Å². The molecule has 0 spiro atoms. The third-order valence-corrected chi connectivity index (χ3v) is 5.06. The van der Waals surface area contributed by atoms with Crippen molar-refractivity contribution in [3.8, 4) is 0 Å². The van der Waals surface area contributed by atoms with Crippen molar-refractivity contribution < 1.29 is 4.74 Å². The molecule has 1 heterocycles. The van der Waals surface area contributed by atoms with E-state index in [0.717, 1.165) is 29.1 Å². The van der Waals surface area contributed by atoms with Crippen LogP contribution in [0.25, 0.3) is 10.9 Å². The van der Waals surface area contributed by atoms with Crippen molar-refractivity contribution in [2.45, 2.75) is 24.8 Å². The SMILES string of the molecule is COCCSc1ccc(C(C)Nc2ncnc3ccc(C)cc23)cc1. The van der Waals surface area contributed by atoms with Crippen LogP contribution in [-0.4, -0.2) is 29.4 Å². The normalized spacial score (nSPS) is 12.3. The van der Waals surface area contributed by atoms with Gasteiger partial charge in [0.05, 0.1) is 12.1 Å². The zero-order valence-electron chi connectivity index (χ0n) is 14.8. The zero-order chi connectivity index (χ0) is 17.6. The summed E-state index contributed by atoms with van der Waals surface area (Å²) in [4.78, 5) is 10.0. The molecule has 130 valence electrons. The molecule has 0 bridgehead atoms. The number of hydrogen-bond donors (Lipinski definition) is 1. The number of aromatic nitrogens is 2. The minimum Gasteiger partial charge on any atom is -0.384 e. The third kappa shape index (κ3) is 4.50. The van der Waals surface area contributed by atoms with Gasteiger partial charge >= 0.3 is 0 Å². The van der Waals surface area contributed by atoms with Gasteiger partial charge in [0.1, 0.15) is 12.1 Å². The number of anilines is 1. The molecule has 25 heavy (non-hydrogen) atoms. The predicted molar refractivity (Wildman–Crippen MR) is 105 cm³/mol. The fourth-order valence-electron chi connectivity index (χ4n) is 2.67. The summed E-state index contributed by atoms with van der Waals surface area (Å²) < 4.78 is 5.09. The van der Waals surface area contributed by atoms with E-state index in [-0.39, 0.29) is 6.04 Å². The molecule has 3 rings (SSSR count). The maximum Gasteiger partial charge on any atom is 0.137 e. The molecule has 1 unspecified atom stereocenters. The van der Waals surface area contributed by atoms with Crippen LogP contribution in [0.5, 0.6) is 0 Å². The summed E-state index contributed by atoms with van der Waals surface area (Å²) in [7, 11) is 1.73. The number of methoxy groups -OCH3 is 1. The minimum absolute atomic E-state index is 0.164. The lowest BCUT2D eigenvalue weighted by atomic mass is 10.1. The van der Waals surface area contributed by atoms with Gasteiger partial charge in [-0.2, -0.15) is 0 Å². The Morgan fingerprint density at radius 3 is 2.68 bits per heavy atom. The lowest BCUT2D eigenvalue weighted by molar-refractivity contribution is 0.218. The van der Waals surface area contributed by atoms with Gasteiger partial charge in [0.25, 0.3) is 0 Å². The number of nitrogens with zero attached hydrogens (tertiary/aromatic N) is 2. The van der Waals surface area contributed by atoms with Crippen molar-refractivity contribution in [3.05, 3.63) is 59.9 Å². The number of fused-ring (bicyclic) bond motifs is 1. The standard InChI is InChI=1S/C20H23N3OS/c1-14-4-9-19-18(12-14)20(22-13-21-19)23-15(2)16-5-7-17(8-6-16)25-11-10-24-3/h4-9,12-13,15H,10-11H2,1-3H3,(H,21,22,23). The molecule has 0 amide bonds. The second-order valence-electron chi connectivity index (χ2n) is 6.02. The first-order valence-electron chi connectivity index (χ1n) is 8.37. The van der Waals surface area contributed by atoms with Crippen LogP contribution in [0.1, 0.15) is 24.1 Å². The van der Waals surface area contributed by atoms with Crippen molar-refractivity contribution in [1.82, 2.24) is 9.97 Å². The Morgan fingerprint density at radius 2 is 1.92 bits per heavy atom. The maximum atomic E-state index is 5.09. The molecule has 2 aromatic carbocycles. The van der Waals surface area contributed by atoms with Crippen molar-refractivity contribution in [2.24, 2.45) is 0 Å². The van der Waals surface area contributed by atoms with Crippen LogP contribution >= 0.6 is 11.8 Å². The smallest absolute Gasteiger partial charge is 0.137 e. The van der Waals surface area contributed by atoms with Crippen LogP contribution in [0.3, 0.4) is 0 Å². The molecule has 0 saturated heterocycles. The number of ether oxygens (including phenoxy) is 1. The Balaban J connectivity index is 1.74. The number of hydrogen-bond acceptors (Lipinski definition) is 5. The van der Waals surface area contributed by atoms with Crippen LogP contribution in [-0.2, 0) is 4.74 Å². The van der Waals surface area contributed by atoms with Crippen LogP contribution in [0.4, 0.5) is 5.82 Å². The summed E-state index contributed by atoms with van der Waals surface area (Å²) in [5, 5.41) is 4.58. The fourth-order valence-corrected chi connectivity index (χ4v) is 3.48. The van der Waals surface area contributed by atoms with Gasteiger partial charge in [0, 0.05) is 29.2 Å². The largest absolute Gasteiger partial charge is 0.384 e. The fraction of sp³-hybridized carbons (Fsp3) is 0.300. The molecule has 1 N–H and O–H groups in total. The number of rotatable bonds is 7. The Hall–Kier alpha value is -2.11. The van der Waals surface area contributed by atoms with Crippen LogP contribution in [0.15, 0.2) is 53.7 Å². The number of aryl methyl sites for hydroxylation is 1. The van der Waals surface area contributed by atoms with Crippen molar-refractivity contribution in [2.75, 3.05) is 24.8 Å². The highest BCUT2D eigenvalue weighted by Crippen LogP contribution is 2.26. The van der Waals surface area contributed by atoms with Gasteiger partial charge in [-0.25, -0.2) is 9.97 Å². The van der Waals surface area contributed by atoms with E-state index >= 15 is 0 Å². The van der Waals surface area contributed by atoms with E-state index in [9.17, 15) is 0 Å². The molecule has 0 fully saturated rings. The summed E-state index contributed by atoms with van der Waals surface area (Å²) in [6.07, 6.45) is 1.61. The van der Waals surface area contributed by atoms with Gasteiger partial charge < -0.3 is 10.1 Å². The molecular formula is C20H23N3OS. The van der Waals surface area contributed by atoms with Crippen molar-refractivity contribution in [1.29, 1.82) is 0 Å². The molecule has 1 aromatic heterocycles. The number of nitrogens with one attached hydrogen (secondary N) is 1. The molecule has 5 heteroatoms. The highest BCUT2D eigenvalue weighted by atomic mass is 32.2. The first-order valence-corrected chi connectivity index (χ1v) is 9.35. The molecule has 0 saturated carbocycles. The Labute approximate surface area is 153 Å². The quantitative estimate of drug-likeness (QED) is 0.486. The Morgan fingerprint density at radius 1 is 1.12 bits per heavy atom. The topological polar surface area (TPSA) is 47.0 Å². The van der Waals surface area contributed by atoms with Gasteiger partial charge in [0.2, 0.25) is 0 Å². The molecule has 0 aliphatic rings. The minimum atomic E-state index is 0.164. The lowest BCUT2D eigenvalue weighted by Crippen LogP contribution is -2.08. The van der Waals surface area contributed by atoms with E-state index in [0.29, 0.717) is 0 Å². The summed E-state index contributed by atoms with van der Waals surface area (Å²) in [6, 6.07) is 15.1. The molecule has 4 nitrogen and oxygen atoms in total. The number of benzene rings is 2. The molecule has 0 aliphatic heterocycles. The van der Waals surface area contributed by atoms with E-state index < -0.39 is 0 Å². The summed E-state index contributed by atoms with van der Waals surface area (Å²) >= 11 is 1.81. The molecule has 3 aromatic rings. The highest BCUT2D eigenvalue weighted by Gasteiger charge is 2.10. The van der Waals surface area contributed by atoms with Gasteiger partial charge in [-0.15, -0.1) is 11.8 Å². The van der Waals surface area contributed by atoms with E-state index in [1.807, 2.05) is 6.07 Å². The second kappa shape index (κ2) is 8.32.